The Balaban J connectivity index is 0. The number of phosphoric ester groups is 1. The molecule has 0 aromatic rings. The number of ether oxygens (including phenoxy) is 4. The van der Waals surface area contributed by atoms with E-state index in [4.69, 9.17) is 38.7 Å². The molecule has 0 bridgehead atoms. The smallest absolute Gasteiger partial charge is 0.394 e. The van der Waals surface area contributed by atoms with Gasteiger partial charge in [-0.1, -0.05) is 129 Å². The molecule has 0 aliphatic rings. The summed E-state index contributed by atoms with van der Waals surface area (Å²) < 4.78 is 49.9. The molecule has 1 unspecified atom stereocenters. The zero-order chi connectivity index (χ0) is 34.5. The van der Waals surface area contributed by atoms with Crippen molar-refractivity contribution < 1.29 is 56.7 Å². The van der Waals surface area contributed by atoms with Crippen molar-refractivity contribution >= 4 is 15.6 Å². The summed E-state index contributed by atoms with van der Waals surface area (Å²) in [6.07, 6.45) is 28.2. The maximum absolute atomic E-state index is 11.0. The average Bonchev–Trinajstić information content (AvgIpc) is 3.00. The van der Waals surface area contributed by atoms with Crippen molar-refractivity contribution in [2.45, 2.75) is 142 Å². The number of hydrogen-bond donors (Lipinski definition) is 4. The van der Waals surface area contributed by atoms with Gasteiger partial charge in [-0.25, -0.2) is 9.13 Å². The molecule has 0 saturated carbocycles. The van der Waals surface area contributed by atoms with Crippen molar-refractivity contribution in [3.8, 4) is 0 Å². The molecule has 0 saturated heterocycles. The molecular formula is C32H70O12P2. The number of aliphatic hydroxyl groups excluding tert-OH is 1. The van der Waals surface area contributed by atoms with Crippen molar-refractivity contribution in [2.75, 3.05) is 66.1 Å². The summed E-state index contributed by atoms with van der Waals surface area (Å²) in [6.45, 7) is 7.43. The summed E-state index contributed by atoms with van der Waals surface area (Å²) in [5.41, 5.74) is 0. The summed E-state index contributed by atoms with van der Waals surface area (Å²) >= 11 is 0. The molecule has 0 heterocycles. The van der Waals surface area contributed by atoms with Crippen LogP contribution in [-0.4, -0.2) is 85.9 Å². The second-order valence-corrected chi connectivity index (χ2v) is 14.2. The highest BCUT2D eigenvalue weighted by molar-refractivity contribution is 7.60. The molecule has 0 rings (SSSR count). The SMILES string of the molecule is CCCCCCCCCCCCOCCCCCCCCCCCC.O=P(O)(O)OP(=O)(O)OCCOCCOCCOCCO. The molecule has 0 fully saturated rings. The third-order valence-corrected chi connectivity index (χ3v) is 9.14. The number of aliphatic hydroxyl groups is 1. The highest BCUT2D eigenvalue weighted by Crippen LogP contribution is 2.57. The van der Waals surface area contributed by atoms with Gasteiger partial charge in [0.25, 0.3) is 0 Å². The largest absolute Gasteiger partial charge is 0.481 e. The quantitative estimate of drug-likeness (QED) is 0.0365. The van der Waals surface area contributed by atoms with E-state index in [2.05, 4.69) is 22.7 Å². The van der Waals surface area contributed by atoms with Gasteiger partial charge >= 0.3 is 15.6 Å². The van der Waals surface area contributed by atoms with Gasteiger partial charge in [-0.05, 0) is 12.8 Å². The third kappa shape index (κ3) is 46.2. The van der Waals surface area contributed by atoms with Crippen LogP contribution in [0.15, 0.2) is 0 Å². The van der Waals surface area contributed by atoms with Crippen LogP contribution in [0.5, 0.6) is 0 Å². The van der Waals surface area contributed by atoms with E-state index in [-0.39, 0.29) is 39.6 Å². The van der Waals surface area contributed by atoms with Gasteiger partial charge in [-0.15, -0.1) is 0 Å². The lowest BCUT2D eigenvalue weighted by Gasteiger charge is -2.12. The van der Waals surface area contributed by atoms with E-state index in [1.165, 1.54) is 128 Å². The van der Waals surface area contributed by atoms with Crippen molar-refractivity contribution in [2.24, 2.45) is 0 Å². The van der Waals surface area contributed by atoms with Crippen LogP contribution in [0.2, 0.25) is 0 Å². The zero-order valence-corrected chi connectivity index (χ0v) is 31.0. The molecule has 4 N–H and O–H groups in total. The van der Waals surface area contributed by atoms with Crippen molar-refractivity contribution in [3.05, 3.63) is 0 Å². The lowest BCUT2D eigenvalue weighted by molar-refractivity contribution is 0.00222. The van der Waals surface area contributed by atoms with Crippen LogP contribution < -0.4 is 0 Å². The van der Waals surface area contributed by atoms with Crippen LogP contribution in [0, 0.1) is 0 Å². The average molecular weight is 709 g/mol. The van der Waals surface area contributed by atoms with Crippen molar-refractivity contribution in [3.63, 3.8) is 0 Å². The first-order valence-electron chi connectivity index (χ1n) is 17.8. The van der Waals surface area contributed by atoms with Crippen LogP contribution in [0.4, 0.5) is 0 Å². The lowest BCUT2D eigenvalue weighted by Crippen LogP contribution is -2.12. The highest BCUT2D eigenvalue weighted by atomic mass is 31.3. The van der Waals surface area contributed by atoms with Crippen LogP contribution >= 0.6 is 15.6 Å². The maximum atomic E-state index is 11.0. The molecule has 0 spiro atoms. The number of phosphoric acid groups is 2. The van der Waals surface area contributed by atoms with Gasteiger partial charge in [0.05, 0.1) is 52.9 Å². The molecule has 14 heteroatoms. The second kappa shape index (κ2) is 37.9. The summed E-state index contributed by atoms with van der Waals surface area (Å²) in [7, 11) is -9.90. The monoisotopic (exact) mass is 708 g/mol. The van der Waals surface area contributed by atoms with E-state index in [9.17, 15) is 9.13 Å². The van der Waals surface area contributed by atoms with E-state index in [0.29, 0.717) is 13.2 Å². The van der Waals surface area contributed by atoms with Crippen LogP contribution in [0.3, 0.4) is 0 Å². The Morgan fingerprint density at radius 3 is 1.07 bits per heavy atom. The first-order chi connectivity index (χ1) is 22.2. The fourth-order valence-electron chi connectivity index (χ4n) is 4.46. The van der Waals surface area contributed by atoms with Gasteiger partial charge in [0.2, 0.25) is 0 Å². The Kier molecular flexibility index (Phi) is 39.7. The molecule has 0 aliphatic heterocycles. The Morgan fingerprint density at radius 2 is 0.717 bits per heavy atom. The van der Waals surface area contributed by atoms with Gasteiger partial charge < -0.3 is 38.7 Å². The molecule has 280 valence electrons. The Hall–Kier alpha value is 0.0600. The summed E-state index contributed by atoms with van der Waals surface area (Å²) in [6, 6.07) is 0. The molecule has 0 aliphatic carbocycles. The first-order valence-corrected chi connectivity index (χ1v) is 20.9. The minimum atomic E-state index is -5.10. The van der Waals surface area contributed by atoms with Crippen molar-refractivity contribution in [1.82, 2.24) is 0 Å². The standard InChI is InChI=1S/C24H50O.C8H20O11P2/c1-3-5-7-9-11-13-15-17-19-21-23-25-24-22-20-18-16-14-12-10-8-6-4-2;9-1-2-15-3-4-16-5-6-17-7-8-18-21(13,14)19-20(10,11)12/h3-24H2,1-2H3;9H,1-8H2,(H,13,14)(H2,10,11,12). The summed E-state index contributed by atoms with van der Waals surface area (Å²) in [5, 5.41) is 8.42. The minimum Gasteiger partial charge on any atom is -0.394 e. The number of hydrogen-bond acceptors (Lipinski definition) is 9. The Labute approximate surface area is 280 Å². The third-order valence-electron chi connectivity index (χ3n) is 6.96. The van der Waals surface area contributed by atoms with Gasteiger partial charge in [-0.2, -0.15) is 4.31 Å². The normalized spacial score (nSPS) is 13.0. The maximum Gasteiger partial charge on any atom is 0.481 e. The fraction of sp³-hybridized carbons (Fsp3) is 1.00. The molecule has 0 amide bonds. The van der Waals surface area contributed by atoms with Gasteiger partial charge in [0, 0.05) is 13.2 Å². The lowest BCUT2D eigenvalue weighted by atomic mass is 10.1. The van der Waals surface area contributed by atoms with Crippen LogP contribution in [-0.2, 0) is 36.9 Å². The molecule has 1 atom stereocenters. The van der Waals surface area contributed by atoms with Gasteiger partial charge in [0.1, 0.15) is 0 Å². The van der Waals surface area contributed by atoms with E-state index < -0.39 is 15.6 Å². The topological polar surface area (TPSA) is 170 Å². The van der Waals surface area contributed by atoms with E-state index in [1.54, 1.807) is 0 Å². The van der Waals surface area contributed by atoms with E-state index >= 15 is 0 Å². The predicted octanol–water partition coefficient (Wildman–Crippen LogP) is 8.10. The first kappa shape index (κ1) is 48.2. The van der Waals surface area contributed by atoms with Gasteiger partial charge in [0.15, 0.2) is 0 Å². The molecule has 0 aromatic carbocycles. The molecule has 0 radical (unpaired) electrons. The minimum absolute atomic E-state index is 0.0520. The zero-order valence-electron chi connectivity index (χ0n) is 29.2. The number of rotatable bonds is 36. The van der Waals surface area contributed by atoms with Gasteiger partial charge in [-0.3, -0.25) is 4.52 Å². The fourth-order valence-corrected chi connectivity index (χ4v) is 6.03. The summed E-state index contributed by atoms with van der Waals surface area (Å²) in [5.74, 6) is 0. The highest BCUT2D eigenvalue weighted by Gasteiger charge is 2.32. The Morgan fingerprint density at radius 1 is 0.413 bits per heavy atom. The van der Waals surface area contributed by atoms with E-state index in [1.807, 2.05) is 0 Å². The predicted molar refractivity (Wildman–Crippen MR) is 183 cm³/mol. The summed E-state index contributed by atoms with van der Waals surface area (Å²) in [4.78, 5) is 25.6. The van der Waals surface area contributed by atoms with Crippen LogP contribution in [0.1, 0.15) is 142 Å². The van der Waals surface area contributed by atoms with Crippen LogP contribution in [0.25, 0.3) is 0 Å². The molecular weight excluding hydrogens is 638 g/mol. The van der Waals surface area contributed by atoms with Crippen molar-refractivity contribution in [1.29, 1.82) is 0 Å². The second-order valence-electron chi connectivity index (χ2n) is 11.4. The number of unbranched alkanes of at least 4 members (excludes halogenated alkanes) is 18. The molecule has 0 aromatic heterocycles. The molecule has 12 nitrogen and oxygen atoms in total. The Bertz CT molecular complexity index is 659. The van der Waals surface area contributed by atoms with E-state index in [0.717, 1.165) is 13.2 Å². The molecule has 46 heavy (non-hydrogen) atoms.